The number of aliphatic hydroxyl groups is 1. The summed E-state index contributed by atoms with van der Waals surface area (Å²) in [5.41, 5.74) is 5.04. The first-order valence-electron chi connectivity index (χ1n) is 13.3. The van der Waals surface area contributed by atoms with E-state index < -0.39 is 12.1 Å². The number of ether oxygens (including phenoxy) is 2. The number of benzene rings is 2. The Hall–Kier alpha value is -4.29. The summed E-state index contributed by atoms with van der Waals surface area (Å²) in [4.78, 5) is 21.8. The first kappa shape index (κ1) is 27.7. The van der Waals surface area contributed by atoms with Gasteiger partial charge in [0.25, 0.3) is 0 Å². The highest BCUT2D eigenvalue weighted by Crippen LogP contribution is 2.34. The van der Waals surface area contributed by atoms with Gasteiger partial charge in [0.05, 0.1) is 17.7 Å². The van der Waals surface area contributed by atoms with Crippen LogP contribution in [0.3, 0.4) is 0 Å². The molecule has 6 nitrogen and oxygen atoms in total. The van der Waals surface area contributed by atoms with Crippen LogP contribution in [0.2, 0.25) is 0 Å². The SMILES string of the molecule is C=C(CCCC)/C(=C/C[C@H](OC(=O)c1ccncc1)c1ccccc1OCCO)c1cnc2ccccc2c1. The van der Waals surface area contributed by atoms with Crippen LogP contribution in [0.15, 0.2) is 104 Å². The maximum Gasteiger partial charge on any atom is 0.338 e. The van der Waals surface area contributed by atoms with Crippen molar-refractivity contribution in [1.29, 1.82) is 0 Å². The van der Waals surface area contributed by atoms with Crippen molar-refractivity contribution in [2.75, 3.05) is 13.2 Å². The maximum atomic E-state index is 13.1. The van der Waals surface area contributed by atoms with Crippen molar-refractivity contribution in [2.45, 2.75) is 38.7 Å². The van der Waals surface area contributed by atoms with Gasteiger partial charge in [0, 0.05) is 41.5 Å². The molecule has 4 rings (SSSR count). The summed E-state index contributed by atoms with van der Waals surface area (Å²) < 4.78 is 11.9. The second-order valence-electron chi connectivity index (χ2n) is 9.22. The third kappa shape index (κ3) is 7.39. The van der Waals surface area contributed by atoms with Crippen molar-refractivity contribution in [3.8, 4) is 5.75 Å². The molecular weight excluding hydrogens is 488 g/mol. The third-order valence-electron chi connectivity index (χ3n) is 6.43. The molecular formula is C33H34N2O4. The first-order chi connectivity index (χ1) is 19.1. The standard InChI is InChI=1S/C33H34N2O4/c1-3-4-9-24(2)28(27-22-26-10-5-7-12-30(26)35-23-27)14-15-32(39-33(37)25-16-18-34-19-17-25)29-11-6-8-13-31(29)38-21-20-36/h5-8,10-14,16-19,22-23,32,36H,2-4,9,15,20-21H2,1H3/b28-14-/t32-/m0/s1. The molecule has 2 heterocycles. The zero-order valence-electron chi connectivity index (χ0n) is 22.3. The topological polar surface area (TPSA) is 81.5 Å². The number of hydrogen-bond donors (Lipinski definition) is 1. The van der Waals surface area contributed by atoms with E-state index in [0.29, 0.717) is 17.7 Å². The number of rotatable bonds is 13. The molecule has 4 aromatic rings. The molecule has 2 aromatic heterocycles. The Balaban J connectivity index is 1.72. The molecule has 0 spiro atoms. The van der Waals surface area contributed by atoms with Gasteiger partial charge in [-0.15, -0.1) is 0 Å². The third-order valence-corrected chi connectivity index (χ3v) is 6.43. The molecule has 0 saturated carbocycles. The minimum atomic E-state index is -0.636. The van der Waals surface area contributed by atoms with E-state index >= 15 is 0 Å². The van der Waals surface area contributed by atoms with E-state index in [-0.39, 0.29) is 13.2 Å². The van der Waals surface area contributed by atoms with E-state index in [4.69, 9.17) is 9.47 Å². The molecule has 6 heteroatoms. The molecule has 0 aliphatic heterocycles. The lowest BCUT2D eigenvalue weighted by atomic mass is 9.93. The molecule has 1 N–H and O–H groups in total. The summed E-state index contributed by atoms with van der Waals surface area (Å²) in [6.07, 6.45) is 9.77. The molecule has 0 aliphatic rings. The number of allylic oxidation sites excluding steroid dienone is 2. The molecule has 200 valence electrons. The smallest absolute Gasteiger partial charge is 0.338 e. The van der Waals surface area contributed by atoms with Crippen LogP contribution in [0.4, 0.5) is 0 Å². The van der Waals surface area contributed by atoms with Crippen molar-refractivity contribution in [3.05, 3.63) is 120 Å². The van der Waals surface area contributed by atoms with Gasteiger partial charge in [-0.05, 0) is 54.3 Å². The Kier molecular flexibility index (Phi) is 9.98. The van der Waals surface area contributed by atoms with E-state index in [9.17, 15) is 9.90 Å². The van der Waals surface area contributed by atoms with Gasteiger partial charge < -0.3 is 14.6 Å². The second-order valence-corrected chi connectivity index (χ2v) is 9.22. The number of carbonyl (C=O) groups excluding carboxylic acids is 1. The van der Waals surface area contributed by atoms with Gasteiger partial charge in [0.2, 0.25) is 0 Å². The summed E-state index contributed by atoms with van der Waals surface area (Å²) in [5, 5.41) is 10.4. The monoisotopic (exact) mass is 522 g/mol. The zero-order chi connectivity index (χ0) is 27.5. The van der Waals surface area contributed by atoms with Crippen LogP contribution in [0.25, 0.3) is 16.5 Å². The van der Waals surface area contributed by atoms with Gasteiger partial charge in [0.1, 0.15) is 18.5 Å². The summed E-state index contributed by atoms with van der Waals surface area (Å²) in [6, 6.07) is 20.8. The van der Waals surface area contributed by atoms with Crippen molar-refractivity contribution in [1.82, 2.24) is 9.97 Å². The number of aromatic nitrogens is 2. The molecule has 0 amide bonds. The fourth-order valence-electron chi connectivity index (χ4n) is 4.39. The predicted molar refractivity (Wildman–Crippen MR) is 154 cm³/mol. The Morgan fingerprint density at radius 3 is 2.62 bits per heavy atom. The van der Waals surface area contributed by atoms with Gasteiger partial charge in [0.15, 0.2) is 0 Å². The number of nitrogens with zero attached hydrogens (tertiary/aromatic N) is 2. The van der Waals surface area contributed by atoms with Crippen molar-refractivity contribution < 1.29 is 19.4 Å². The summed E-state index contributed by atoms with van der Waals surface area (Å²) in [6.45, 7) is 6.58. The molecule has 2 aromatic carbocycles. The van der Waals surface area contributed by atoms with Crippen LogP contribution in [-0.2, 0) is 4.74 Å². The Morgan fingerprint density at radius 1 is 1.05 bits per heavy atom. The highest BCUT2D eigenvalue weighted by molar-refractivity contribution is 5.89. The highest BCUT2D eigenvalue weighted by atomic mass is 16.5. The minimum absolute atomic E-state index is 0.119. The second kappa shape index (κ2) is 14.0. The van der Waals surface area contributed by atoms with E-state index in [0.717, 1.165) is 52.4 Å². The van der Waals surface area contributed by atoms with Crippen LogP contribution >= 0.6 is 0 Å². The average molecular weight is 523 g/mol. The minimum Gasteiger partial charge on any atom is -0.491 e. The lowest BCUT2D eigenvalue weighted by Crippen LogP contribution is -2.14. The predicted octanol–water partition coefficient (Wildman–Crippen LogP) is 7.12. The molecule has 0 unspecified atom stereocenters. The van der Waals surface area contributed by atoms with Crippen LogP contribution in [0.5, 0.6) is 5.75 Å². The van der Waals surface area contributed by atoms with E-state index in [1.807, 2.05) is 54.7 Å². The molecule has 39 heavy (non-hydrogen) atoms. The van der Waals surface area contributed by atoms with Crippen LogP contribution in [0, 0.1) is 0 Å². The lowest BCUT2D eigenvalue weighted by Gasteiger charge is -2.21. The fraction of sp³-hybridized carbons (Fsp3) is 0.242. The highest BCUT2D eigenvalue weighted by Gasteiger charge is 2.22. The van der Waals surface area contributed by atoms with E-state index in [1.165, 1.54) is 0 Å². The van der Waals surface area contributed by atoms with E-state index in [1.54, 1.807) is 24.5 Å². The first-order valence-corrected chi connectivity index (χ1v) is 13.3. The molecule has 0 fully saturated rings. The van der Waals surface area contributed by atoms with Gasteiger partial charge >= 0.3 is 5.97 Å². The number of carbonyl (C=O) groups is 1. The van der Waals surface area contributed by atoms with Crippen molar-refractivity contribution in [3.63, 3.8) is 0 Å². The normalized spacial score (nSPS) is 12.2. The lowest BCUT2D eigenvalue weighted by molar-refractivity contribution is 0.0296. The number of para-hydroxylation sites is 2. The van der Waals surface area contributed by atoms with Crippen LogP contribution in [0.1, 0.15) is 60.2 Å². The molecule has 0 aliphatic carbocycles. The number of hydrogen-bond acceptors (Lipinski definition) is 6. The summed E-state index contributed by atoms with van der Waals surface area (Å²) >= 11 is 0. The maximum absolute atomic E-state index is 13.1. The average Bonchev–Trinajstić information content (AvgIpc) is 2.99. The van der Waals surface area contributed by atoms with Gasteiger partial charge in [-0.25, -0.2) is 4.79 Å². The van der Waals surface area contributed by atoms with Crippen LogP contribution in [-0.4, -0.2) is 34.3 Å². The van der Waals surface area contributed by atoms with Gasteiger partial charge in [-0.3, -0.25) is 9.97 Å². The number of esters is 1. The fourth-order valence-corrected chi connectivity index (χ4v) is 4.39. The number of unbranched alkanes of at least 4 members (excludes halogenated alkanes) is 1. The van der Waals surface area contributed by atoms with Gasteiger partial charge in [-0.2, -0.15) is 0 Å². The van der Waals surface area contributed by atoms with Crippen molar-refractivity contribution in [2.24, 2.45) is 0 Å². The van der Waals surface area contributed by atoms with Crippen LogP contribution < -0.4 is 4.74 Å². The molecule has 0 radical (unpaired) electrons. The zero-order valence-corrected chi connectivity index (χ0v) is 22.3. The Bertz CT molecular complexity index is 1430. The quantitative estimate of drug-likeness (QED) is 0.149. The molecule has 1 atom stereocenters. The molecule has 0 bridgehead atoms. The Morgan fingerprint density at radius 2 is 1.82 bits per heavy atom. The van der Waals surface area contributed by atoms with Crippen molar-refractivity contribution >= 4 is 22.4 Å². The largest absolute Gasteiger partial charge is 0.491 e. The number of fused-ring (bicyclic) bond motifs is 1. The van der Waals surface area contributed by atoms with Gasteiger partial charge in [-0.1, -0.05) is 62.4 Å². The Labute approximate surface area is 229 Å². The number of aliphatic hydroxyl groups excluding tert-OH is 1. The summed E-state index contributed by atoms with van der Waals surface area (Å²) in [5.74, 6) is 0.109. The number of pyridine rings is 2. The molecule has 0 saturated heterocycles. The summed E-state index contributed by atoms with van der Waals surface area (Å²) in [7, 11) is 0. The van der Waals surface area contributed by atoms with E-state index in [2.05, 4.69) is 35.6 Å².